The first kappa shape index (κ1) is 26.5. The van der Waals surface area contributed by atoms with E-state index in [4.69, 9.17) is 9.41 Å². The fourth-order valence-corrected chi connectivity index (χ4v) is 5.94. The molecule has 0 amide bonds. The molecule has 0 fully saturated rings. The standard InChI is InChI=1S/C34H28N2O4S/c1-22-10-4-7-13-29(22)35-24-16-18-26-31(20-24)40-32-21-25(36(3)30-14-8-5-11-23(30)2)17-19-27(32)34(26)28-12-6-9-15-33(28)41(37,38)39/h4-21H,1-3H3,(H,37,38,39). The second-order valence-corrected chi connectivity index (χ2v) is 11.4. The first-order chi connectivity index (χ1) is 19.7. The smallest absolute Gasteiger partial charge is 0.295 e. The van der Waals surface area contributed by atoms with E-state index in [1.165, 1.54) is 6.07 Å². The number of para-hydroxylation sites is 2. The minimum Gasteiger partial charge on any atom is -0.456 e. The van der Waals surface area contributed by atoms with Crippen LogP contribution in [-0.2, 0) is 10.1 Å². The van der Waals surface area contributed by atoms with Crippen LogP contribution in [0.3, 0.4) is 0 Å². The van der Waals surface area contributed by atoms with Crippen molar-refractivity contribution in [2.24, 2.45) is 4.99 Å². The Morgan fingerprint density at radius 1 is 0.756 bits per heavy atom. The summed E-state index contributed by atoms with van der Waals surface area (Å²) in [5, 5.41) is 1.43. The first-order valence-electron chi connectivity index (χ1n) is 13.2. The summed E-state index contributed by atoms with van der Waals surface area (Å²) in [6, 6.07) is 34.0. The normalized spacial score (nSPS) is 12.2. The van der Waals surface area contributed by atoms with Gasteiger partial charge < -0.3 is 9.32 Å². The lowest BCUT2D eigenvalue weighted by atomic mass is 9.93. The van der Waals surface area contributed by atoms with Crippen molar-refractivity contribution >= 4 is 38.1 Å². The molecule has 6 nitrogen and oxygen atoms in total. The van der Waals surface area contributed by atoms with Gasteiger partial charge in [-0.3, -0.25) is 4.55 Å². The average Bonchev–Trinajstić information content (AvgIpc) is 2.96. The zero-order valence-corrected chi connectivity index (χ0v) is 23.7. The number of hydrogen-bond acceptors (Lipinski definition) is 5. The second-order valence-electron chi connectivity index (χ2n) is 10.1. The predicted molar refractivity (Wildman–Crippen MR) is 164 cm³/mol. The lowest BCUT2D eigenvalue weighted by Crippen LogP contribution is -2.10. The van der Waals surface area contributed by atoms with E-state index in [0.717, 1.165) is 33.6 Å². The second kappa shape index (κ2) is 10.4. The molecule has 0 bridgehead atoms. The molecular weight excluding hydrogens is 532 g/mol. The summed E-state index contributed by atoms with van der Waals surface area (Å²) in [5.41, 5.74) is 7.33. The highest BCUT2D eigenvalue weighted by atomic mass is 32.2. The fraction of sp³-hybridized carbons (Fsp3) is 0.0882. The summed E-state index contributed by atoms with van der Waals surface area (Å²) in [5.74, 6) is 0.545. The Morgan fingerprint density at radius 2 is 1.46 bits per heavy atom. The van der Waals surface area contributed by atoms with Gasteiger partial charge in [0.05, 0.1) is 11.0 Å². The van der Waals surface area contributed by atoms with Gasteiger partial charge in [0.25, 0.3) is 10.1 Å². The van der Waals surface area contributed by atoms with Gasteiger partial charge in [-0.25, -0.2) is 4.99 Å². The molecule has 1 N–H and O–H groups in total. The summed E-state index contributed by atoms with van der Waals surface area (Å²) < 4.78 is 41.5. The lowest BCUT2D eigenvalue weighted by Gasteiger charge is -2.23. The molecule has 41 heavy (non-hydrogen) atoms. The molecule has 2 aliphatic rings. The van der Waals surface area contributed by atoms with Gasteiger partial charge >= 0.3 is 0 Å². The van der Waals surface area contributed by atoms with Crippen molar-refractivity contribution in [3.8, 4) is 22.5 Å². The maximum atomic E-state index is 12.4. The molecule has 0 saturated heterocycles. The molecule has 204 valence electrons. The largest absolute Gasteiger partial charge is 0.456 e. The van der Waals surface area contributed by atoms with Crippen molar-refractivity contribution in [2.45, 2.75) is 18.7 Å². The Labute approximate surface area is 239 Å². The molecule has 4 aromatic carbocycles. The third kappa shape index (κ3) is 5.01. The topological polar surface area (TPSA) is 83.1 Å². The molecule has 1 heterocycles. The lowest BCUT2D eigenvalue weighted by molar-refractivity contribution is 0.483. The summed E-state index contributed by atoms with van der Waals surface area (Å²) in [6.07, 6.45) is 0. The van der Waals surface area contributed by atoms with E-state index in [1.54, 1.807) is 18.2 Å². The molecule has 1 aliphatic heterocycles. The molecule has 0 radical (unpaired) electrons. The van der Waals surface area contributed by atoms with Gasteiger partial charge in [-0.2, -0.15) is 8.42 Å². The summed E-state index contributed by atoms with van der Waals surface area (Å²) in [7, 11) is -2.49. The Bertz CT molecular complexity index is 2080. The van der Waals surface area contributed by atoms with Crippen molar-refractivity contribution < 1.29 is 17.4 Å². The minimum atomic E-state index is -4.49. The summed E-state index contributed by atoms with van der Waals surface area (Å²) in [6.45, 7) is 4.07. The number of benzene rings is 5. The summed E-state index contributed by atoms with van der Waals surface area (Å²) >= 11 is 0. The van der Waals surface area contributed by atoms with E-state index in [1.807, 2.05) is 86.8 Å². The van der Waals surface area contributed by atoms with Crippen LogP contribution in [-0.4, -0.2) is 20.0 Å². The van der Waals surface area contributed by atoms with Crippen molar-refractivity contribution in [3.05, 3.63) is 126 Å². The minimum absolute atomic E-state index is 0.163. The van der Waals surface area contributed by atoms with Crippen molar-refractivity contribution in [1.29, 1.82) is 0 Å². The van der Waals surface area contributed by atoms with Crippen molar-refractivity contribution in [2.75, 3.05) is 11.9 Å². The molecule has 6 rings (SSSR count). The quantitative estimate of drug-likeness (QED) is 0.170. The highest BCUT2D eigenvalue weighted by Crippen LogP contribution is 2.43. The Balaban J connectivity index is 1.65. The number of hydrogen-bond donors (Lipinski definition) is 1. The Kier molecular flexibility index (Phi) is 6.69. The van der Waals surface area contributed by atoms with E-state index in [2.05, 4.69) is 24.0 Å². The maximum Gasteiger partial charge on any atom is 0.295 e. The van der Waals surface area contributed by atoms with E-state index in [0.29, 0.717) is 33.4 Å². The van der Waals surface area contributed by atoms with Crippen LogP contribution in [0.1, 0.15) is 11.1 Å². The zero-order valence-electron chi connectivity index (χ0n) is 22.9. The van der Waals surface area contributed by atoms with Crippen LogP contribution in [0.15, 0.2) is 123 Å². The number of rotatable bonds is 5. The molecular formula is C34H28N2O4S. The molecule has 0 aromatic heterocycles. The number of aryl methyl sites for hydroxylation is 2. The van der Waals surface area contributed by atoms with Crippen LogP contribution in [0.5, 0.6) is 0 Å². The molecule has 4 aromatic rings. The number of anilines is 2. The maximum absolute atomic E-state index is 12.4. The van der Waals surface area contributed by atoms with Crippen LogP contribution in [0.4, 0.5) is 17.1 Å². The molecule has 0 atom stereocenters. The van der Waals surface area contributed by atoms with Crippen molar-refractivity contribution in [1.82, 2.24) is 0 Å². The van der Waals surface area contributed by atoms with Crippen LogP contribution in [0, 0.1) is 13.8 Å². The van der Waals surface area contributed by atoms with Gasteiger partial charge in [0.2, 0.25) is 0 Å². The van der Waals surface area contributed by atoms with Gasteiger partial charge in [0, 0.05) is 52.6 Å². The highest BCUT2D eigenvalue weighted by molar-refractivity contribution is 7.86. The predicted octanol–water partition coefficient (Wildman–Crippen LogP) is 8.07. The Morgan fingerprint density at radius 3 is 2.22 bits per heavy atom. The highest BCUT2D eigenvalue weighted by Gasteiger charge is 2.23. The van der Waals surface area contributed by atoms with Crippen LogP contribution >= 0.6 is 0 Å². The van der Waals surface area contributed by atoms with Crippen LogP contribution in [0.2, 0.25) is 0 Å². The summed E-state index contributed by atoms with van der Waals surface area (Å²) in [4.78, 5) is 6.75. The Hall–Kier alpha value is -4.72. The molecule has 0 saturated carbocycles. The van der Waals surface area contributed by atoms with Crippen LogP contribution in [0.25, 0.3) is 33.4 Å². The van der Waals surface area contributed by atoms with Gasteiger partial charge in [0.1, 0.15) is 16.2 Å². The monoisotopic (exact) mass is 560 g/mol. The molecule has 7 heteroatoms. The third-order valence-electron chi connectivity index (χ3n) is 7.35. The van der Waals surface area contributed by atoms with Gasteiger partial charge in [0.15, 0.2) is 0 Å². The molecule has 1 aliphatic carbocycles. The van der Waals surface area contributed by atoms with Gasteiger partial charge in [-0.05, 0) is 67.4 Å². The third-order valence-corrected chi connectivity index (χ3v) is 8.26. The average molecular weight is 561 g/mol. The number of fused-ring (bicyclic) bond motifs is 2. The fourth-order valence-electron chi connectivity index (χ4n) is 5.24. The van der Waals surface area contributed by atoms with E-state index >= 15 is 0 Å². The zero-order chi connectivity index (χ0) is 28.7. The molecule has 0 unspecified atom stereocenters. The van der Waals surface area contributed by atoms with Gasteiger partial charge in [-0.1, -0.05) is 54.6 Å². The van der Waals surface area contributed by atoms with Gasteiger partial charge in [-0.15, -0.1) is 0 Å². The van der Waals surface area contributed by atoms with E-state index in [-0.39, 0.29) is 4.90 Å². The number of nitrogens with zero attached hydrogens (tertiary/aromatic N) is 2. The van der Waals surface area contributed by atoms with E-state index in [9.17, 15) is 13.0 Å². The first-order valence-corrected chi connectivity index (χ1v) is 14.6. The van der Waals surface area contributed by atoms with Crippen molar-refractivity contribution in [3.63, 3.8) is 0 Å². The van der Waals surface area contributed by atoms with E-state index < -0.39 is 10.1 Å². The SMILES string of the molecule is Cc1ccccc1N=c1ccc2c(-c3ccccc3S(=O)(=O)O)c3ccc(N(C)c4ccccc4C)cc3oc-2c1. The van der Waals surface area contributed by atoms with Crippen LogP contribution < -0.4 is 10.3 Å². The molecule has 0 spiro atoms.